The van der Waals surface area contributed by atoms with Crippen molar-refractivity contribution >= 4 is 17.1 Å². The number of aryl methyl sites for hydroxylation is 3. The molecule has 0 spiro atoms. The fourth-order valence-corrected chi connectivity index (χ4v) is 2.53. The smallest absolute Gasteiger partial charge is 0.0461 e. The molecule has 110 valence electrons. The minimum absolute atomic E-state index is 1.18. The quantitative estimate of drug-likeness (QED) is 0.528. The van der Waals surface area contributed by atoms with Crippen LogP contribution < -0.4 is 4.90 Å². The molecule has 0 aliphatic rings. The van der Waals surface area contributed by atoms with Crippen molar-refractivity contribution < 1.29 is 0 Å². The summed E-state index contributed by atoms with van der Waals surface area (Å²) in [6, 6.07) is 26.0. The van der Waals surface area contributed by atoms with Crippen LogP contribution in [0.1, 0.15) is 16.7 Å². The summed E-state index contributed by atoms with van der Waals surface area (Å²) in [6.45, 7) is 6.35. The topological polar surface area (TPSA) is 3.24 Å². The molecule has 0 saturated heterocycles. The Morgan fingerprint density at radius 3 is 0.864 bits per heavy atom. The molecule has 0 aliphatic carbocycles. The summed E-state index contributed by atoms with van der Waals surface area (Å²) in [5.74, 6) is 0. The summed E-state index contributed by atoms with van der Waals surface area (Å²) in [4.78, 5) is 2.29. The van der Waals surface area contributed by atoms with Crippen LogP contribution in [0.5, 0.6) is 0 Å². The molecule has 0 aliphatic heterocycles. The minimum atomic E-state index is 1.18. The number of rotatable bonds is 3. The van der Waals surface area contributed by atoms with Gasteiger partial charge in [0.15, 0.2) is 0 Å². The van der Waals surface area contributed by atoms with E-state index in [1.165, 1.54) is 33.8 Å². The van der Waals surface area contributed by atoms with Crippen LogP contribution in [0.2, 0.25) is 0 Å². The minimum Gasteiger partial charge on any atom is -0.311 e. The van der Waals surface area contributed by atoms with Crippen LogP contribution in [-0.4, -0.2) is 0 Å². The Morgan fingerprint density at radius 1 is 0.409 bits per heavy atom. The molecular formula is C21H21N. The number of benzene rings is 3. The molecule has 3 rings (SSSR count). The van der Waals surface area contributed by atoms with Crippen LogP contribution in [0.15, 0.2) is 72.8 Å². The van der Waals surface area contributed by atoms with Crippen molar-refractivity contribution in [3.63, 3.8) is 0 Å². The summed E-state index contributed by atoms with van der Waals surface area (Å²) < 4.78 is 0. The van der Waals surface area contributed by atoms with Gasteiger partial charge in [0.25, 0.3) is 0 Å². The normalized spacial score (nSPS) is 10.5. The van der Waals surface area contributed by atoms with Crippen LogP contribution in [-0.2, 0) is 0 Å². The average molecular weight is 288 g/mol. The van der Waals surface area contributed by atoms with Crippen LogP contribution >= 0.6 is 0 Å². The Labute approximate surface area is 132 Å². The molecule has 0 unspecified atom stereocenters. The van der Waals surface area contributed by atoms with Crippen LogP contribution in [0.4, 0.5) is 17.1 Å². The summed E-state index contributed by atoms with van der Waals surface area (Å²) in [5.41, 5.74) is 7.36. The van der Waals surface area contributed by atoms with Gasteiger partial charge in [-0.2, -0.15) is 0 Å². The Kier molecular flexibility index (Phi) is 3.97. The maximum absolute atomic E-state index is 2.29. The highest BCUT2D eigenvalue weighted by Gasteiger charge is 2.11. The Hall–Kier alpha value is -2.54. The van der Waals surface area contributed by atoms with Crippen molar-refractivity contribution in [2.45, 2.75) is 20.8 Å². The summed E-state index contributed by atoms with van der Waals surface area (Å²) >= 11 is 0. The predicted molar refractivity (Wildman–Crippen MR) is 95.3 cm³/mol. The lowest BCUT2D eigenvalue weighted by Gasteiger charge is -2.25. The summed E-state index contributed by atoms with van der Waals surface area (Å²) in [6.07, 6.45) is 0. The van der Waals surface area contributed by atoms with E-state index in [2.05, 4.69) is 98.5 Å². The van der Waals surface area contributed by atoms with Crippen molar-refractivity contribution in [2.75, 3.05) is 4.90 Å². The molecule has 0 amide bonds. The van der Waals surface area contributed by atoms with Crippen molar-refractivity contribution in [1.82, 2.24) is 0 Å². The molecular weight excluding hydrogens is 267 g/mol. The van der Waals surface area contributed by atoms with Gasteiger partial charge in [0.05, 0.1) is 0 Å². The zero-order valence-corrected chi connectivity index (χ0v) is 13.4. The van der Waals surface area contributed by atoms with Crippen molar-refractivity contribution in [2.24, 2.45) is 0 Å². The van der Waals surface area contributed by atoms with Gasteiger partial charge in [-0.1, -0.05) is 53.1 Å². The van der Waals surface area contributed by atoms with Gasteiger partial charge in [-0.25, -0.2) is 0 Å². The first-order valence-corrected chi connectivity index (χ1v) is 7.63. The van der Waals surface area contributed by atoms with E-state index in [-0.39, 0.29) is 0 Å². The van der Waals surface area contributed by atoms with Gasteiger partial charge >= 0.3 is 0 Å². The second kappa shape index (κ2) is 6.07. The standard InChI is InChI=1S/C21H21N/c1-16-4-10-19(11-5-16)22(20-12-6-17(2)7-13-20)21-14-8-18(3)9-15-21/h4-15H,1-3H3/i22+1. The van der Waals surface area contributed by atoms with Gasteiger partial charge in [-0.15, -0.1) is 0 Å². The fraction of sp³-hybridized carbons (Fsp3) is 0.143. The number of hydrogen-bond acceptors (Lipinski definition) is 1. The number of nitrogens with zero attached hydrogens (tertiary/aromatic N) is 1. The van der Waals surface area contributed by atoms with E-state index < -0.39 is 0 Å². The van der Waals surface area contributed by atoms with Gasteiger partial charge in [-0.05, 0) is 57.2 Å². The summed E-state index contributed by atoms with van der Waals surface area (Å²) in [7, 11) is 0. The molecule has 0 radical (unpaired) electrons. The van der Waals surface area contributed by atoms with Gasteiger partial charge in [0.2, 0.25) is 0 Å². The maximum Gasteiger partial charge on any atom is 0.0461 e. The third kappa shape index (κ3) is 3.04. The van der Waals surface area contributed by atoms with Gasteiger partial charge in [0, 0.05) is 17.1 Å². The SMILES string of the molecule is Cc1ccc([15N](c2ccc(C)cc2)c2ccc(C)cc2)cc1. The first-order valence-electron chi connectivity index (χ1n) is 7.63. The Bertz CT molecular complexity index is 629. The third-order valence-electron chi connectivity index (χ3n) is 3.88. The molecule has 1 nitrogen and oxygen atoms in total. The van der Waals surface area contributed by atoms with Crippen LogP contribution in [0.25, 0.3) is 0 Å². The highest BCUT2D eigenvalue weighted by molar-refractivity contribution is 5.76. The largest absolute Gasteiger partial charge is 0.311 e. The molecule has 0 aromatic heterocycles. The van der Waals surface area contributed by atoms with E-state index in [0.717, 1.165) is 0 Å². The molecule has 22 heavy (non-hydrogen) atoms. The summed E-state index contributed by atoms with van der Waals surface area (Å²) in [5, 5.41) is 0. The maximum atomic E-state index is 2.29. The Balaban J connectivity index is 2.10. The first-order chi connectivity index (χ1) is 10.6. The molecule has 3 aromatic carbocycles. The molecule has 0 heterocycles. The predicted octanol–water partition coefficient (Wildman–Crippen LogP) is 6.08. The Morgan fingerprint density at radius 2 is 0.636 bits per heavy atom. The average Bonchev–Trinajstić information content (AvgIpc) is 2.53. The van der Waals surface area contributed by atoms with Crippen LogP contribution in [0.3, 0.4) is 0 Å². The van der Waals surface area contributed by atoms with Crippen molar-refractivity contribution in [1.29, 1.82) is 0 Å². The van der Waals surface area contributed by atoms with E-state index in [1.807, 2.05) is 0 Å². The lowest BCUT2D eigenvalue weighted by Crippen LogP contribution is -2.09. The van der Waals surface area contributed by atoms with Gasteiger partial charge < -0.3 is 4.90 Å². The molecule has 0 saturated carbocycles. The number of hydrogen-bond donors (Lipinski definition) is 0. The lowest BCUT2D eigenvalue weighted by molar-refractivity contribution is 1.26. The van der Waals surface area contributed by atoms with E-state index >= 15 is 0 Å². The van der Waals surface area contributed by atoms with E-state index in [4.69, 9.17) is 0 Å². The highest BCUT2D eigenvalue weighted by atomic mass is 15.9. The van der Waals surface area contributed by atoms with E-state index in [0.29, 0.717) is 0 Å². The second-order valence-corrected chi connectivity index (χ2v) is 5.84. The van der Waals surface area contributed by atoms with E-state index in [1.54, 1.807) is 0 Å². The van der Waals surface area contributed by atoms with Crippen molar-refractivity contribution in [3.8, 4) is 0 Å². The highest BCUT2D eigenvalue weighted by Crippen LogP contribution is 2.34. The van der Waals surface area contributed by atoms with E-state index in [9.17, 15) is 0 Å². The van der Waals surface area contributed by atoms with Crippen LogP contribution in [0, 0.1) is 20.8 Å². The number of anilines is 3. The first kappa shape index (κ1) is 14.4. The molecule has 1 heteroatoms. The monoisotopic (exact) mass is 288 g/mol. The van der Waals surface area contributed by atoms with Gasteiger partial charge in [-0.3, -0.25) is 0 Å². The molecule has 0 atom stereocenters. The molecule has 0 bridgehead atoms. The van der Waals surface area contributed by atoms with Gasteiger partial charge in [0.1, 0.15) is 0 Å². The van der Waals surface area contributed by atoms with Crippen molar-refractivity contribution in [3.05, 3.63) is 89.5 Å². The zero-order valence-electron chi connectivity index (χ0n) is 13.4. The molecule has 0 fully saturated rings. The molecule has 0 N–H and O–H groups in total. The molecule has 3 aromatic rings. The zero-order chi connectivity index (χ0) is 15.5. The second-order valence-electron chi connectivity index (χ2n) is 5.84. The fourth-order valence-electron chi connectivity index (χ4n) is 2.53. The lowest BCUT2D eigenvalue weighted by atomic mass is 10.2. The third-order valence-corrected chi connectivity index (χ3v) is 3.88.